The van der Waals surface area contributed by atoms with E-state index >= 15 is 0 Å². The quantitative estimate of drug-likeness (QED) is 0.689. The summed E-state index contributed by atoms with van der Waals surface area (Å²) >= 11 is 0. The van der Waals surface area contributed by atoms with E-state index in [1.165, 1.54) is 11.3 Å². The van der Waals surface area contributed by atoms with E-state index in [0.717, 1.165) is 18.5 Å². The largest absolute Gasteiger partial charge is 0.368 e. The first-order valence-corrected chi connectivity index (χ1v) is 5.54. The van der Waals surface area contributed by atoms with Crippen molar-refractivity contribution < 1.29 is 4.79 Å². The summed E-state index contributed by atoms with van der Waals surface area (Å²) in [6.07, 6.45) is 1.06. The zero-order valence-corrected chi connectivity index (χ0v) is 9.58. The van der Waals surface area contributed by atoms with E-state index in [1.54, 1.807) is 6.92 Å². The summed E-state index contributed by atoms with van der Waals surface area (Å²) in [5.74, 6) is 0.166. The molecule has 15 heavy (non-hydrogen) atoms. The van der Waals surface area contributed by atoms with E-state index in [-0.39, 0.29) is 5.78 Å². The third-order valence-corrected chi connectivity index (χ3v) is 3.17. The molecule has 0 spiro atoms. The van der Waals surface area contributed by atoms with Crippen LogP contribution >= 0.6 is 0 Å². The van der Waals surface area contributed by atoms with Crippen molar-refractivity contribution in [1.29, 1.82) is 0 Å². The molecule has 1 heterocycles. The summed E-state index contributed by atoms with van der Waals surface area (Å²) < 4.78 is 0. The summed E-state index contributed by atoms with van der Waals surface area (Å²) in [5, 5.41) is 0. The SMILES string of the molecule is CCN1c2c(cccc2C(C)=O)CC1C. The number of nitrogens with zero attached hydrogens (tertiary/aromatic N) is 1. The molecule has 1 aliphatic heterocycles. The molecule has 0 aliphatic carbocycles. The van der Waals surface area contributed by atoms with Crippen molar-refractivity contribution in [3.05, 3.63) is 29.3 Å². The van der Waals surface area contributed by atoms with E-state index in [4.69, 9.17) is 0 Å². The summed E-state index contributed by atoms with van der Waals surface area (Å²) in [5.41, 5.74) is 3.36. The van der Waals surface area contributed by atoms with Crippen molar-refractivity contribution in [2.24, 2.45) is 0 Å². The first-order chi connectivity index (χ1) is 7.15. The van der Waals surface area contributed by atoms with Crippen LogP contribution in [0, 0.1) is 0 Å². The van der Waals surface area contributed by atoms with E-state index in [1.807, 2.05) is 12.1 Å². The number of fused-ring (bicyclic) bond motifs is 1. The van der Waals surface area contributed by atoms with Crippen LogP contribution in [-0.4, -0.2) is 18.4 Å². The third-order valence-electron chi connectivity index (χ3n) is 3.17. The molecule has 0 amide bonds. The van der Waals surface area contributed by atoms with Gasteiger partial charge in [0, 0.05) is 18.2 Å². The number of Topliss-reactive ketones (excluding diaryl/α,β-unsaturated/α-hetero) is 1. The van der Waals surface area contributed by atoms with Crippen molar-refractivity contribution in [2.75, 3.05) is 11.4 Å². The average Bonchev–Trinajstić information content (AvgIpc) is 2.52. The number of carbonyl (C=O) groups is 1. The van der Waals surface area contributed by atoms with Gasteiger partial charge in [0.15, 0.2) is 5.78 Å². The lowest BCUT2D eigenvalue weighted by molar-refractivity contribution is 0.101. The van der Waals surface area contributed by atoms with Crippen LogP contribution in [0.5, 0.6) is 0 Å². The molecule has 80 valence electrons. The zero-order chi connectivity index (χ0) is 11.0. The molecule has 0 bridgehead atoms. The van der Waals surface area contributed by atoms with Gasteiger partial charge in [-0.1, -0.05) is 12.1 Å². The fourth-order valence-corrected chi connectivity index (χ4v) is 2.50. The number of carbonyl (C=O) groups excluding carboxylic acids is 1. The molecule has 1 unspecified atom stereocenters. The number of ketones is 1. The minimum absolute atomic E-state index is 0.166. The van der Waals surface area contributed by atoms with Gasteiger partial charge in [-0.05, 0) is 38.8 Å². The lowest BCUT2D eigenvalue weighted by atomic mass is 10.0. The van der Waals surface area contributed by atoms with Gasteiger partial charge in [0.05, 0.1) is 5.69 Å². The van der Waals surface area contributed by atoms with Crippen molar-refractivity contribution in [1.82, 2.24) is 0 Å². The molecule has 2 nitrogen and oxygen atoms in total. The Morgan fingerprint density at radius 3 is 2.87 bits per heavy atom. The molecule has 2 rings (SSSR count). The summed E-state index contributed by atoms with van der Waals surface area (Å²) in [6.45, 7) is 6.97. The Bertz CT molecular complexity index is 398. The maximum absolute atomic E-state index is 11.5. The number of anilines is 1. The number of hydrogen-bond acceptors (Lipinski definition) is 2. The Labute approximate surface area is 90.9 Å². The second-order valence-electron chi connectivity index (χ2n) is 4.21. The van der Waals surface area contributed by atoms with E-state index in [0.29, 0.717) is 6.04 Å². The number of benzene rings is 1. The van der Waals surface area contributed by atoms with Crippen LogP contribution in [-0.2, 0) is 6.42 Å². The summed E-state index contributed by atoms with van der Waals surface area (Å²) in [6, 6.07) is 6.57. The molecule has 0 saturated carbocycles. The second kappa shape index (κ2) is 3.69. The Balaban J connectivity index is 2.56. The fraction of sp³-hybridized carbons (Fsp3) is 0.462. The first kappa shape index (κ1) is 10.2. The van der Waals surface area contributed by atoms with Gasteiger partial charge >= 0.3 is 0 Å². The molecule has 0 N–H and O–H groups in total. The maximum atomic E-state index is 11.5. The highest BCUT2D eigenvalue weighted by atomic mass is 16.1. The van der Waals surface area contributed by atoms with Gasteiger partial charge in [0.1, 0.15) is 0 Å². The molecular weight excluding hydrogens is 186 g/mol. The second-order valence-corrected chi connectivity index (χ2v) is 4.21. The Morgan fingerprint density at radius 1 is 1.53 bits per heavy atom. The van der Waals surface area contributed by atoms with Gasteiger partial charge in [0.2, 0.25) is 0 Å². The van der Waals surface area contributed by atoms with Crippen LogP contribution in [0.4, 0.5) is 5.69 Å². The number of hydrogen-bond donors (Lipinski definition) is 0. The van der Waals surface area contributed by atoms with Gasteiger partial charge in [-0.2, -0.15) is 0 Å². The van der Waals surface area contributed by atoms with Crippen LogP contribution < -0.4 is 4.90 Å². The standard InChI is InChI=1S/C13H17NO/c1-4-14-9(2)8-11-6-5-7-12(10(3)15)13(11)14/h5-7,9H,4,8H2,1-3H3. The zero-order valence-electron chi connectivity index (χ0n) is 9.58. The van der Waals surface area contributed by atoms with Crippen molar-refractivity contribution >= 4 is 11.5 Å². The summed E-state index contributed by atoms with van der Waals surface area (Å²) in [4.78, 5) is 13.9. The van der Waals surface area contributed by atoms with Gasteiger partial charge in [-0.15, -0.1) is 0 Å². The minimum atomic E-state index is 0.166. The fourth-order valence-electron chi connectivity index (χ4n) is 2.50. The highest BCUT2D eigenvalue weighted by Gasteiger charge is 2.27. The van der Waals surface area contributed by atoms with Crippen LogP contribution in [0.15, 0.2) is 18.2 Å². The van der Waals surface area contributed by atoms with Gasteiger partial charge in [-0.25, -0.2) is 0 Å². The van der Waals surface area contributed by atoms with Gasteiger partial charge < -0.3 is 4.90 Å². The smallest absolute Gasteiger partial charge is 0.161 e. The topological polar surface area (TPSA) is 20.3 Å². The highest BCUT2D eigenvalue weighted by molar-refractivity contribution is 6.01. The molecule has 1 atom stereocenters. The molecule has 0 radical (unpaired) electrons. The Morgan fingerprint density at radius 2 is 2.27 bits per heavy atom. The van der Waals surface area contributed by atoms with E-state index in [9.17, 15) is 4.79 Å². The molecule has 0 saturated heterocycles. The lowest BCUT2D eigenvalue weighted by Crippen LogP contribution is -2.29. The minimum Gasteiger partial charge on any atom is -0.368 e. The summed E-state index contributed by atoms with van der Waals surface area (Å²) in [7, 11) is 0. The monoisotopic (exact) mass is 203 g/mol. The molecule has 0 fully saturated rings. The predicted molar refractivity (Wildman–Crippen MR) is 62.6 cm³/mol. The van der Waals surface area contributed by atoms with Gasteiger partial charge in [-0.3, -0.25) is 4.79 Å². The molecule has 2 heteroatoms. The van der Waals surface area contributed by atoms with Crippen molar-refractivity contribution in [3.8, 4) is 0 Å². The number of likely N-dealkylation sites (N-methyl/N-ethyl adjacent to an activating group) is 1. The van der Waals surface area contributed by atoms with Crippen LogP contribution in [0.2, 0.25) is 0 Å². The van der Waals surface area contributed by atoms with Crippen LogP contribution in [0.3, 0.4) is 0 Å². The third kappa shape index (κ3) is 1.54. The normalized spacial score (nSPS) is 19.1. The molecule has 1 aliphatic rings. The number of para-hydroxylation sites is 1. The van der Waals surface area contributed by atoms with Gasteiger partial charge in [0.25, 0.3) is 0 Å². The van der Waals surface area contributed by atoms with Crippen LogP contribution in [0.1, 0.15) is 36.7 Å². The molecular formula is C13H17NO. The lowest BCUT2D eigenvalue weighted by Gasteiger charge is -2.24. The van der Waals surface area contributed by atoms with Crippen molar-refractivity contribution in [3.63, 3.8) is 0 Å². The van der Waals surface area contributed by atoms with E-state index < -0.39 is 0 Å². The predicted octanol–water partition coefficient (Wildman–Crippen LogP) is 2.66. The molecule has 1 aromatic rings. The molecule has 1 aromatic carbocycles. The van der Waals surface area contributed by atoms with Crippen molar-refractivity contribution in [2.45, 2.75) is 33.2 Å². The average molecular weight is 203 g/mol. The maximum Gasteiger partial charge on any atom is 0.161 e. The number of rotatable bonds is 2. The molecule has 0 aromatic heterocycles. The highest BCUT2D eigenvalue weighted by Crippen LogP contribution is 2.35. The van der Waals surface area contributed by atoms with E-state index in [2.05, 4.69) is 24.8 Å². The Kier molecular flexibility index (Phi) is 2.51. The Hall–Kier alpha value is -1.31. The first-order valence-electron chi connectivity index (χ1n) is 5.54. The van der Waals surface area contributed by atoms with Crippen LogP contribution in [0.25, 0.3) is 0 Å².